The summed E-state index contributed by atoms with van der Waals surface area (Å²) in [7, 11) is -3.70. The number of allylic oxidation sites excluding steroid dienone is 1. The Hall–Kier alpha value is -6.01. The van der Waals surface area contributed by atoms with Crippen LogP contribution in [0.3, 0.4) is 0 Å². The molecule has 0 radical (unpaired) electrons. The zero-order valence-electron chi connectivity index (χ0n) is 52.3. The lowest BCUT2D eigenvalue weighted by Crippen LogP contribution is -2.24. The van der Waals surface area contributed by atoms with Gasteiger partial charge in [-0.05, 0) is 142 Å². The Morgan fingerprint density at radius 3 is 0.936 bits per heavy atom. The molecule has 0 saturated heterocycles. The maximum Gasteiger partial charge on any atom is 0.129 e. The van der Waals surface area contributed by atoms with Crippen LogP contribution >= 0.6 is 0 Å². The van der Waals surface area contributed by atoms with Crippen molar-refractivity contribution < 1.29 is 0 Å². The fourth-order valence-electron chi connectivity index (χ4n) is 10.0. The summed E-state index contributed by atoms with van der Waals surface area (Å²) in [5.74, 6) is 3.80. The number of aromatic amines is 2. The van der Waals surface area contributed by atoms with Crippen molar-refractivity contribution in [1.82, 2.24) is 19.9 Å². The number of nitrogens with one attached hydrogen (secondary N) is 2. The normalized spacial score (nSPS) is 14.0. The summed E-state index contributed by atoms with van der Waals surface area (Å²) >= 11 is 0. The lowest BCUT2D eigenvalue weighted by atomic mass is 9.78. The van der Waals surface area contributed by atoms with Gasteiger partial charge >= 0.3 is 0 Å². The number of hydrogen-bond donors (Lipinski definition) is 2. The molecule has 78 heavy (non-hydrogen) atoms. The second-order valence-electron chi connectivity index (χ2n) is 30.7. The first-order chi connectivity index (χ1) is 35.6. The summed E-state index contributed by atoms with van der Waals surface area (Å²) in [6.07, 6.45) is 11.4. The highest BCUT2D eigenvalue weighted by Gasteiger charge is 2.28. The fraction of sp³-hybridized carbons (Fsp3) is 0.417. The molecule has 2 aliphatic rings. The first-order valence-corrected chi connectivity index (χ1v) is 35.6. The van der Waals surface area contributed by atoms with Gasteiger partial charge < -0.3 is 9.97 Å². The molecule has 6 heteroatoms. The minimum Gasteiger partial charge on any atom is -0.354 e. The largest absolute Gasteiger partial charge is 0.354 e. The van der Waals surface area contributed by atoms with Gasteiger partial charge in [0, 0.05) is 44.3 Å². The van der Waals surface area contributed by atoms with E-state index in [1.807, 2.05) is 0 Å². The van der Waals surface area contributed by atoms with Gasteiger partial charge in [0.2, 0.25) is 0 Å². The van der Waals surface area contributed by atoms with Crippen LogP contribution in [0, 0.1) is 11.5 Å². The van der Waals surface area contributed by atoms with Gasteiger partial charge in [0.25, 0.3) is 0 Å². The summed E-state index contributed by atoms with van der Waals surface area (Å²) in [5, 5.41) is 1.22. The Balaban J connectivity index is 1.67. The summed E-state index contributed by atoms with van der Waals surface area (Å²) in [5.41, 5.74) is 26.3. The first kappa shape index (κ1) is 58.1. The molecular weight excluding hydrogens is 977 g/mol. The third kappa shape index (κ3) is 12.7. The SMILES string of the molecule is CC(C)(C)c1cc(-c2c3nc(c(-c4cc(C(C)(C)C)cc(C(C)(C)C)c4)c4ccc([nH]4)c(-c4cc(C(C)(C)C)cc(C(C)(C)C)c4)c4nc(c(/C=C(/C#C[Si](C)(C)C)[Si](C)(C)C)c5ccc2[nH]5)C=C4)C=C3)cc(C(C)(C)C)c1. The molecule has 2 aliphatic heterocycles. The van der Waals surface area contributed by atoms with Crippen molar-refractivity contribution in [2.24, 2.45) is 0 Å². The van der Waals surface area contributed by atoms with Crippen molar-refractivity contribution in [3.8, 4) is 44.8 Å². The van der Waals surface area contributed by atoms with Crippen LogP contribution in [0.2, 0.25) is 39.3 Å². The average Bonchev–Trinajstić information content (AvgIpc) is 4.24. The van der Waals surface area contributed by atoms with Crippen LogP contribution in [0.1, 0.15) is 186 Å². The van der Waals surface area contributed by atoms with E-state index < -0.39 is 16.1 Å². The molecule has 0 aliphatic carbocycles. The van der Waals surface area contributed by atoms with Crippen molar-refractivity contribution in [3.63, 3.8) is 0 Å². The number of H-pyrrole nitrogens is 2. The van der Waals surface area contributed by atoms with Crippen molar-refractivity contribution in [1.29, 1.82) is 0 Å². The highest BCUT2D eigenvalue weighted by molar-refractivity contribution is 6.86. The van der Waals surface area contributed by atoms with Crippen molar-refractivity contribution in [3.05, 3.63) is 146 Å². The molecule has 6 aromatic rings. The zero-order valence-corrected chi connectivity index (χ0v) is 54.3. The topological polar surface area (TPSA) is 57.4 Å². The van der Waals surface area contributed by atoms with Crippen molar-refractivity contribution >= 4 is 68.6 Å². The third-order valence-electron chi connectivity index (χ3n) is 15.3. The minimum atomic E-state index is -1.98. The molecule has 3 aromatic heterocycles. The molecular formula is C72H92N4Si2. The van der Waals surface area contributed by atoms with E-state index in [9.17, 15) is 0 Å². The summed E-state index contributed by atoms with van der Waals surface area (Å²) in [6.45, 7) is 56.0. The average molecular weight is 1070 g/mol. The Morgan fingerprint density at radius 2 is 0.654 bits per heavy atom. The molecule has 0 spiro atoms. The van der Waals surface area contributed by atoms with Gasteiger partial charge in [0.15, 0.2) is 0 Å². The van der Waals surface area contributed by atoms with E-state index in [1.165, 1.54) is 38.6 Å². The van der Waals surface area contributed by atoms with Gasteiger partial charge in [0.05, 0.1) is 30.8 Å². The van der Waals surface area contributed by atoms with Crippen LogP contribution in [0.15, 0.2) is 84.1 Å². The second-order valence-corrected chi connectivity index (χ2v) is 40.5. The van der Waals surface area contributed by atoms with Crippen LogP contribution in [0.25, 0.3) is 85.8 Å². The number of hydrogen-bond acceptors (Lipinski definition) is 2. The van der Waals surface area contributed by atoms with E-state index in [0.29, 0.717) is 0 Å². The Kier molecular flexibility index (Phi) is 14.9. The van der Waals surface area contributed by atoms with E-state index in [-0.39, 0.29) is 32.5 Å². The lowest BCUT2D eigenvalue weighted by molar-refractivity contribution is 0.568. The molecule has 0 saturated carbocycles. The summed E-state index contributed by atoms with van der Waals surface area (Å²) in [4.78, 5) is 19.8. The zero-order chi connectivity index (χ0) is 57.7. The predicted octanol–water partition coefficient (Wildman–Crippen LogP) is 20.6. The molecule has 3 aromatic carbocycles. The van der Waals surface area contributed by atoms with Crippen molar-refractivity contribution in [2.75, 3.05) is 0 Å². The van der Waals surface area contributed by atoms with E-state index in [4.69, 9.17) is 9.97 Å². The summed E-state index contributed by atoms with van der Waals surface area (Å²) in [6, 6.07) is 30.8. The molecule has 8 bridgehead atoms. The monoisotopic (exact) mass is 1070 g/mol. The number of fused-ring (bicyclic) bond motifs is 8. The maximum atomic E-state index is 5.84. The molecule has 5 heterocycles. The fourth-order valence-corrected chi connectivity index (χ4v) is 11.7. The van der Waals surface area contributed by atoms with E-state index in [2.05, 4.69) is 295 Å². The second kappa shape index (κ2) is 20.0. The van der Waals surface area contributed by atoms with Gasteiger partial charge in [-0.1, -0.05) is 224 Å². The molecule has 4 nitrogen and oxygen atoms in total. The Bertz CT molecular complexity index is 3510. The van der Waals surface area contributed by atoms with E-state index >= 15 is 0 Å². The molecule has 8 rings (SSSR count). The molecule has 408 valence electrons. The standard InChI is InChI=1S/C72H92N4Si2/c1-67(2,3)48-35-45(36-49(41-48)68(4,5)6)64-58-27-25-56(73-58)55(44-54(78(22,23)24)33-34-77(19,20)21)57-26-28-59(74-57)65(46-37-50(69(7,8)9)42-51(38-46)70(10,11)12)61-30-32-63(76-61)66(62-31-29-60(64)75-62)47-39-52(71(13,14)15)43-53(40-47)72(16,17)18/h25-32,35-44,73,76H,1-24H3/b54-44-,56-55?,57-55?,64-58?,64-60?,65-59?,65-61?,66-62?,66-63?. The smallest absolute Gasteiger partial charge is 0.129 e. The predicted molar refractivity (Wildman–Crippen MR) is 350 cm³/mol. The minimum absolute atomic E-state index is 0.0924. The molecule has 0 unspecified atom stereocenters. The lowest BCUT2D eigenvalue weighted by Gasteiger charge is -2.26. The van der Waals surface area contributed by atoms with Gasteiger partial charge in [0.1, 0.15) is 8.07 Å². The maximum absolute atomic E-state index is 5.84. The number of benzene rings is 3. The molecule has 0 amide bonds. The highest BCUT2D eigenvalue weighted by atomic mass is 28.3. The quantitative estimate of drug-likeness (QED) is 0.133. The van der Waals surface area contributed by atoms with Gasteiger partial charge in [-0.25, -0.2) is 9.97 Å². The van der Waals surface area contributed by atoms with Crippen molar-refractivity contribution in [2.45, 2.75) is 196 Å². The van der Waals surface area contributed by atoms with Gasteiger partial charge in [-0.3, -0.25) is 0 Å². The number of aromatic nitrogens is 4. The summed E-state index contributed by atoms with van der Waals surface area (Å²) < 4.78 is 0. The molecule has 2 N–H and O–H groups in total. The van der Waals surface area contributed by atoms with E-state index in [1.54, 1.807) is 0 Å². The Labute approximate surface area is 472 Å². The van der Waals surface area contributed by atoms with Gasteiger partial charge in [-0.2, -0.15) is 0 Å². The van der Waals surface area contributed by atoms with Crippen LogP contribution in [-0.4, -0.2) is 36.1 Å². The molecule has 0 fully saturated rings. The van der Waals surface area contributed by atoms with Gasteiger partial charge in [-0.15, -0.1) is 5.54 Å². The van der Waals surface area contributed by atoms with Crippen LogP contribution < -0.4 is 0 Å². The molecule has 0 atom stereocenters. The van der Waals surface area contributed by atoms with Crippen LogP contribution in [0.4, 0.5) is 0 Å². The Morgan fingerprint density at radius 1 is 0.385 bits per heavy atom. The highest BCUT2D eigenvalue weighted by Crippen LogP contribution is 2.43. The van der Waals surface area contributed by atoms with Crippen LogP contribution in [0.5, 0.6) is 0 Å². The number of rotatable bonds is 5. The number of nitrogens with zero attached hydrogens (tertiary/aromatic N) is 2. The first-order valence-electron chi connectivity index (χ1n) is 28.6. The van der Waals surface area contributed by atoms with Crippen LogP contribution in [-0.2, 0) is 32.5 Å². The third-order valence-corrected chi connectivity index (χ3v) is 18.1. The van der Waals surface area contributed by atoms with E-state index in [0.717, 1.165) is 83.8 Å².